The van der Waals surface area contributed by atoms with Crippen LogP contribution in [0.5, 0.6) is 5.75 Å². The van der Waals surface area contributed by atoms with Gasteiger partial charge in [-0.05, 0) is 31.2 Å². The monoisotopic (exact) mass is 287 g/mol. The molecule has 6 nitrogen and oxygen atoms in total. The van der Waals surface area contributed by atoms with Gasteiger partial charge in [0, 0.05) is 35.6 Å². The van der Waals surface area contributed by atoms with E-state index in [4.69, 9.17) is 10.5 Å². The molecule has 2 rings (SSSR count). The van der Waals surface area contributed by atoms with Gasteiger partial charge in [0.15, 0.2) is 0 Å². The summed E-state index contributed by atoms with van der Waals surface area (Å²) in [4.78, 5) is 25.7. The molecule has 4 N–H and O–H groups in total. The van der Waals surface area contributed by atoms with E-state index in [1.165, 1.54) is 18.3 Å². The number of amides is 1. The number of hydrogen-bond donors (Lipinski definition) is 3. The number of carbonyl (C=O) groups is 1. The summed E-state index contributed by atoms with van der Waals surface area (Å²) in [6, 6.07) is 8.03. The Balaban J connectivity index is 2.19. The Morgan fingerprint density at radius 3 is 2.81 bits per heavy atom. The molecule has 1 aromatic heterocycles. The molecule has 0 fully saturated rings. The number of anilines is 1. The van der Waals surface area contributed by atoms with Crippen LogP contribution in [0.3, 0.4) is 0 Å². The molecule has 1 amide bonds. The number of benzene rings is 1. The van der Waals surface area contributed by atoms with E-state index in [0.29, 0.717) is 30.2 Å². The average molecular weight is 287 g/mol. The van der Waals surface area contributed by atoms with Gasteiger partial charge in [0.2, 0.25) is 5.56 Å². The molecule has 0 aliphatic rings. The second kappa shape index (κ2) is 6.71. The summed E-state index contributed by atoms with van der Waals surface area (Å²) in [6.45, 7) is 2.75. The van der Waals surface area contributed by atoms with E-state index >= 15 is 0 Å². The number of aromatic amines is 1. The molecule has 0 aliphatic heterocycles. The number of pyridine rings is 1. The van der Waals surface area contributed by atoms with Gasteiger partial charge in [-0.25, -0.2) is 0 Å². The Labute approximate surface area is 121 Å². The van der Waals surface area contributed by atoms with Crippen molar-refractivity contribution in [2.75, 3.05) is 11.9 Å². The van der Waals surface area contributed by atoms with Gasteiger partial charge in [-0.2, -0.15) is 0 Å². The summed E-state index contributed by atoms with van der Waals surface area (Å²) >= 11 is 0. The molecule has 0 aliphatic carbocycles. The smallest absolute Gasteiger partial charge is 0.255 e. The quantitative estimate of drug-likeness (QED) is 0.776. The van der Waals surface area contributed by atoms with Crippen molar-refractivity contribution in [2.45, 2.75) is 13.5 Å². The van der Waals surface area contributed by atoms with Crippen LogP contribution in [0.4, 0.5) is 5.69 Å². The van der Waals surface area contributed by atoms with E-state index in [-0.39, 0.29) is 11.5 Å². The molecule has 6 heteroatoms. The number of nitrogens with one attached hydrogen (secondary N) is 2. The van der Waals surface area contributed by atoms with Crippen molar-refractivity contribution in [1.82, 2.24) is 4.98 Å². The largest absolute Gasteiger partial charge is 0.494 e. The van der Waals surface area contributed by atoms with Gasteiger partial charge < -0.3 is 20.8 Å². The topological polar surface area (TPSA) is 97.2 Å². The van der Waals surface area contributed by atoms with Crippen molar-refractivity contribution in [3.63, 3.8) is 0 Å². The van der Waals surface area contributed by atoms with Gasteiger partial charge in [-0.15, -0.1) is 0 Å². The Bertz CT molecular complexity index is 695. The summed E-state index contributed by atoms with van der Waals surface area (Å²) in [5, 5.41) is 2.73. The minimum Gasteiger partial charge on any atom is -0.494 e. The molecular weight excluding hydrogens is 270 g/mol. The Hall–Kier alpha value is -2.60. The van der Waals surface area contributed by atoms with Crippen LogP contribution in [0.2, 0.25) is 0 Å². The first kappa shape index (κ1) is 14.8. The van der Waals surface area contributed by atoms with Crippen molar-refractivity contribution >= 4 is 11.6 Å². The standard InChI is InChI=1S/C15H17N3O3/c1-2-21-13-4-3-12(7-11(13)9-16)18-15(20)10-5-6-17-14(19)8-10/h3-8H,2,9,16H2,1H3,(H,17,19)(H,18,20). The SMILES string of the molecule is CCOc1ccc(NC(=O)c2cc[nH]c(=O)c2)cc1CN. The number of ether oxygens (including phenoxy) is 1. The molecule has 0 radical (unpaired) electrons. The van der Waals surface area contributed by atoms with Crippen LogP contribution in [0.25, 0.3) is 0 Å². The number of nitrogens with two attached hydrogens (primary N) is 1. The molecule has 0 saturated heterocycles. The van der Waals surface area contributed by atoms with Crippen LogP contribution in [0, 0.1) is 0 Å². The van der Waals surface area contributed by atoms with Gasteiger partial charge in [-0.1, -0.05) is 0 Å². The molecular formula is C15H17N3O3. The van der Waals surface area contributed by atoms with Gasteiger partial charge in [-0.3, -0.25) is 9.59 Å². The van der Waals surface area contributed by atoms with Crippen LogP contribution < -0.4 is 21.3 Å². The molecule has 1 aromatic carbocycles. The first-order chi connectivity index (χ1) is 10.1. The van der Waals surface area contributed by atoms with Crippen LogP contribution in [-0.4, -0.2) is 17.5 Å². The highest BCUT2D eigenvalue weighted by molar-refractivity contribution is 6.04. The van der Waals surface area contributed by atoms with E-state index in [1.54, 1.807) is 18.2 Å². The lowest BCUT2D eigenvalue weighted by Gasteiger charge is -2.11. The number of hydrogen-bond acceptors (Lipinski definition) is 4. The van der Waals surface area contributed by atoms with Crippen molar-refractivity contribution in [3.8, 4) is 5.75 Å². The third-order valence-corrected chi connectivity index (χ3v) is 2.88. The lowest BCUT2D eigenvalue weighted by Crippen LogP contribution is -2.16. The average Bonchev–Trinajstić information content (AvgIpc) is 2.49. The highest BCUT2D eigenvalue weighted by Crippen LogP contribution is 2.22. The third-order valence-electron chi connectivity index (χ3n) is 2.88. The van der Waals surface area contributed by atoms with Crippen molar-refractivity contribution < 1.29 is 9.53 Å². The molecule has 1 heterocycles. The second-order valence-corrected chi connectivity index (χ2v) is 4.36. The molecule has 21 heavy (non-hydrogen) atoms. The summed E-state index contributed by atoms with van der Waals surface area (Å²) in [6.07, 6.45) is 1.43. The molecule has 0 spiro atoms. The number of carbonyl (C=O) groups excluding carboxylic acids is 1. The Kier molecular flexibility index (Phi) is 4.73. The maximum absolute atomic E-state index is 12.1. The van der Waals surface area contributed by atoms with E-state index in [2.05, 4.69) is 10.3 Å². The summed E-state index contributed by atoms with van der Waals surface area (Å²) in [5.41, 5.74) is 7.05. The molecule has 2 aromatic rings. The lowest BCUT2D eigenvalue weighted by atomic mass is 10.1. The van der Waals surface area contributed by atoms with E-state index < -0.39 is 0 Å². The first-order valence-corrected chi connectivity index (χ1v) is 6.60. The molecule has 0 unspecified atom stereocenters. The van der Waals surface area contributed by atoms with Crippen molar-refractivity contribution in [2.24, 2.45) is 5.73 Å². The Morgan fingerprint density at radius 2 is 2.14 bits per heavy atom. The summed E-state index contributed by atoms with van der Waals surface area (Å²) in [7, 11) is 0. The predicted molar refractivity (Wildman–Crippen MR) is 80.5 cm³/mol. The highest BCUT2D eigenvalue weighted by Gasteiger charge is 2.09. The lowest BCUT2D eigenvalue weighted by molar-refractivity contribution is 0.102. The third kappa shape index (κ3) is 3.70. The van der Waals surface area contributed by atoms with Gasteiger partial charge >= 0.3 is 0 Å². The fraction of sp³-hybridized carbons (Fsp3) is 0.200. The van der Waals surface area contributed by atoms with Crippen LogP contribution >= 0.6 is 0 Å². The zero-order valence-corrected chi connectivity index (χ0v) is 11.7. The number of rotatable bonds is 5. The summed E-state index contributed by atoms with van der Waals surface area (Å²) < 4.78 is 5.45. The molecule has 0 saturated carbocycles. The summed E-state index contributed by atoms with van der Waals surface area (Å²) in [5.74, 6) is 0.349. The van der Waals surface area contributed by atoms with Crippen LogP contribution in [-0.2, 0) is 6.54 Å². The first-order valence-electron chi connectivity index (χ1n) is 6.60. The maximum Gasteiger partial charge on any atom is 0.255 e. The van der Waals surface area contributed by atoms with E-state index in [9.17, 15) is 9.59 Å². The molecule has 110 valence electrons. The van der Waals surface area contributed by atoms with E-state index in [0.717, 1.165) is 5.56 Å². The zero-order chi connectivity index (χ0) is 15.2. The van der Waals surface area contributed by atoms with Gasteiger partial charge in [0.1, 0.15) is 5.75 Å². The van der Waals surface area contributed by atoms with E-state index in [1.807, 2.05) is 6.92 Å². The van der Waals surface area contributed by atoms with Crippen LogP contribution in [0.1, 0.15) is 22.8 Å². The molecule has 0 bridgehead atoms. The number of H-pyrrole nitrogens is 1. The van der Waals surface area contributed by atoms with Crippen LogP contribution in [0.15, 0.2) is 41.3 Å². The zero-order valence-electron chi connectivity index (χ0n) is 11.7. The fourth-order valence-corrected chi connectivity index (χ4v) is 1.90. The fourth-order valence-electron chi connectivity index (χ4n) is 1.90. The predicted octanol–water partition coefficient (Wildman–Crippen LogP) is 1.48. The van der Waals surface area contributed by atoms with Gasteiger partial charge in [0.25, 0.3) is 5.91 Å². The minimum atomic E-state index is -0.353. The normalized spacial score (nSPS) is 10.2. The maximum atomic E-state index is 12.1. The minimum absolute atomic E-state index is 0.293. The van der Waals surface area contributed by atoms with Gasteiger partial charge in [0.05, 0.1) is 6.61 Å². The molecule has 0 atom stereocenters. The van der Waals surface area contributed by atoms with Crippen molar-refractivity contribution in [3.05, 3.63) is 58.0 Å². The van der Waals surface area contributed by atoms with Crippen molar-refractivity contribution in [1.29, 1.82) is 0 Å². The Morgan fingerprint density at radius 1 is 1.33 bits per heavy atom. The second-order valence-electron chi connectivity index (χ2n) is 4.36. The number of aromatic nitrogens is 1. The highest BCUT2D eigenvalue weighted by atomic mass is 16.5.